The lowest BCUT2D eigenvalue weighted by Gasteiger charge is -2.17. The van der Waals surface area contributed by atoms with Gasteiger partial charge in [0.25, 0.3) is 0 Å². The van der Waals surface area contributed by atoms with Gasteiger partial charge < -0.3 is 18.9 Å². The molecule has 1 fully saturated rings. The van der Waals surface area contributed by atoms with E-state index in [0.29, 0.717) is 0 Å². The lowest BCUT2D eigenvalue weighted by Crippen LogP contribution is -2.40. The number of carbonyl (C=O) groups is 2. The molecule has 1 aliphatic rings. The second-order valence-electron chi connectivity index (χ2n) is 5.45. The van der Waals surface area contributed by atoms with Crippen LogP contribution in [0.3, 0.4) is 0 Å². The van der Waals surface area contributed by atoms with Crippen molar-refractivity contribution in [2.75, 3.05) is 0 Å². The summed E-state index contributed by atoms with van der Waals surface area (Å²) in [4.78, 5) is 23.8. The van der Waals surface area contributed by atoms with Crippen LogP contribution in [-0.2, 0) is 28.5 Å². The number of carbonyl (C=O) groups excluding carboxylic acids is 2. The van der Waals surface area contributed by atoms with E-state index in [1.165, 1.54) is 0 Å². The molecule has 0 bridgehead atoms. The fraction of sp³-hybridized carbons (Fsp3) is 0.846. The summed E-state index contributed by atoms with van der Waals surface area (Å²) in [6.07, 6.45) is -2.77. The van der Waals surface area contributed by atoms with Crippen LogP contribution in [0.4, 0.5) is 0 Å². The molecule has 0 aromatic carbocycles. The molecule has 6 heteroatoms. The molecule has 6 nitrogen and oxygen atoms in total. The maximum atomic E-state index is 11.9. The second kappa shape index (κ2) is 5.88. The van der Waals surface area contributed by atoms with Gasteiger partial charge in [0, 0.05) is 0 Å². The number of esters is 2. The molecule has 0 radical (unpaired) electrons. The predicted octanol–water partition coefficient (Wildman–Crippen LogP) is 1.41. The summed E-state index contributed by atoms with van der Waals surface area (Å²) in [5, 5.41) is 0. The summed E-state index contributed by atoms with van der Waals surface area (Å²) in [6.45, 7) is 10.2. The molecule has 0 saturated carbocycles. The van der Waals surface area contributed by atoms with Gasteiger partial charge in [0.1, 0.15) is 0 Å². The Kier molecular flexibility index (Phi) is 4.92. The Morgan fingerprint density at radius 3 is 1.47 bits per heavy atom. The molecule has 1 heterocycles. The minimum absolute atomic E-state index is 0.290. The highest BCUT2D eigenvalue weighted by atomic mass is 16.8. The van der Waals surface area contributed by atoms with Gasteiger partial charge in [0.2, 0.25) is 0 Å². The summed E-state index contributed by atoms with van der Waals surface area (Å²) in [6, 6.07) is 0. The molecule has 0 aromatic heterocycles. The summed E-state index contributed by atoms with van der Waals surface area (Å²) < 4.78 is 21.0. The molecule has 1 aliphatic heterocycles. The van der Waals surface area contributed by atoms with E-state index in [1.54, 1.807) is 41.5 Å². The third-order valence-corrected chi connectivity index (χ3v) is 2.26. The zero-order valence-corrected chi connectivity index (χ0v) is 12.3. The van der Waals surface area contributed by atoms with Gasteiger partial charge in [-0.1, -0.05) is 0 Å². The Morgan fingerprint density at radius 1 is 0.895 bits per heavy atom. The van der Waals surface area contributed by atoms with E-state index in [1.807, 2.05) is 0 Å². The van der Waals surface area contributed by atoms with Crippen molar-refractivity contribution in [3.8, 4) is 0 Å². The quantitative estimate of drug-likeness (QED) is 0.722. The Hall–Kier alpha value is -1.14. The van der Waals surface area contributed by atoms with Crippen molar-refractivity contribution >= 4 is 11.9 Å². The van der Waals surface area contributed by atoms with Crippen molar-refractivity contribution in [2.45, 2.75) is 71.7 Å². The lowest BCUT2D eigenvalue weighted by atomic mass is 10.2. The number of hydrogen-bond acceptors (Lipinski definition) is 6. The van der Waals surface area contributed by atoms with E-state index in [-0.39, 0.29) is 12.2 Å². The third kappa shape index (κ3) is 4.47. The van der Waals surface area contributed by atoms with Crippen molar-refractivity contribution in [3.63, 3.8) is 0 Å². The second-order valence-corrected chi connectivity index (χ2v) is 5.45. The SMILES string of the molecule is CC(C)OC(=O)[C@@H]1OC(C)(C)O[C@H]1C(=O)OC(C)C. The van der Waals surface area contributed by atoms with Crippen LogP contribution < -0.4 is 0 Å². The normalized spacial score (nSPS) is 25.7. The summed E-state index contributed by atoms with van der Waals surface area (Å²) in [5.74, 6) is -2.26. The maximum absolute atomic E-state index is 11.9. The molecule has 1 saturated heterocycles. The molecular weight excluding hydrogens is 252 g/mol. The van der Waals surface area contributed by atoms with Gasteiger partial charge in [-0.15, -0.1) is 0 Å². The molecule has 0 N–H and O–H groups in total. The molecule has 0 spiro atoms. The molecule has 0 aromatic rings. The topological polar surface area (TPSA) is 71.1 Å². The van der Waals surface area contributed by atoms with Gasteiger partial charge >= 0.3 is 11.9 Å². The number of ether oxygens (including phenoxy) is 4. The molecule has 19 heavy (non-hydrogen) atoms. The van der Waals surface area contributed by atoms with Crippen LogP contribution in [0.5, 0.6) is 0 Å². The standard InChI is InChI=1S/C13H22O6/c1-7(2)16-11(14)9-10(12(15)17-8(3)4)19-13(5,6)18-9/h7-10H,1-6H3/t9-,10-/m1/s1. The first-order valence-electron chi connectivity index (χ1n) is 6.39. The van der Waals surface area contributed by atoms with Gasteiger partial charge in [-0.25, -0.2) is 9.59 Å². The summed E-state index contributed by atoms with van der Waals surface area (Å²) in [5.41, 5.74) is 0. The zero-order valence-electron chi connectivity index (χ0n) is 12.3. The fourth-order valence-corrected chi connectivity index (χ4v) is 1.71. The highest BCUT2D eigenvalue weighted by molar-refractivity contribution is 5.86. The largest absolute Gasteiger partial charge is 0.461 e. The van der Waals surface area contributed by atoms with Crippen molar-refractivity contribution in [1.29, 1.82) is 0 Å². The van der Waals surface area contributed by atoms with Crippen molar-refractivity contribution in [1.82, 2.24) is 0 Å². The van der Waals surface area contributed by atoms with E-state index in [4.69, 9.17) is 18.9 Å². The van der Waals surface area contributed by atoms with E-state index in [2.05, 4.69) is 0 Å². The van der Waals surface area contributed by atoms with Crippen molar-refractivity contribution < 1.29 is 28.5 Å². The van der Waals surface area contributed by atoms with Crippen molar-refractivity contribution in [3.05, 3.63) is 0 Å². The van der Waals surface area contributed by atoms with E-state index in [9.17, 15) is 9.59 Å². The monoisotopic (exact) mass is 274 g/mol. The predicted molar refractivity (Wildman–Crippen MR) is 66.3 cm³/mol. The highest BCUT2D eigenvalue weighted by Crippen LogP contribution is 2.30. The van der Waals surface area contributed by atoms with Crippen LogP contribution in [0.15, 0.2) is 0 Å². The number of hydrogen-bond donors (Lipinski definition) is 0. The Labute approximate surface area is 113 Å². The minimum Gasteiger partial charge on any atom is -0.461 e. The average molecular weight is 274 g/mol. The minimum atomic E-state index is -1.09. The summed E-state index contributed by atoms with van der Waals surface area (Å²) >= 11 is 0. The van der Waals surface area contributed by atoms with E-state index in [0.717, 1.165) is 0 Å². The Balaban J connectivity index is 2.81. The first-order valence-corrected chi connectivity index (χ1v) is 6.39. The molecule has 0 aliphatic carbocycles. The first-order chi connectivity index (χ1) is 8.62. The van der Waals surface area contributed by atoms with Gasteiger partial charge in [-0.2, -0.15) is 0 Å². The van der Waals surface area contributed by atoms with E-state index < -0.39 is 29.9 Å². The molecule has 0 unspecified atom stereocenters. The third-order valence-electron chi connectivity index (χ3n) is 2.26. The molecule has 0 amide bonds. The Bertz CT molecular complexity index is 315. The van der Waals surface area contributed by atoms with Crippen LogP contribution >= 0.6 is 0 Å². The summed E-state index contributed by atoms with van der Waals surface area (Å²) in [7, 11) is 0. The Morgan fingerprint density at radius 2 is 1.21 bits per heavy atom. The molecule has 1 rings (SSSR count). The first kappa shape index (κ1) is 15.9. The van der Waals surface area contributed by atoms with Gasteiger partial charge in [-0.05, 0) is 41.5 Å². The van der Waals surface area contributed by atoms with Crippen LogP contribution in [0.1, 0.15) is 41.5 Å². The van der Waals surface area contributed by atoms with Gasteiger partial charge in [-0.3, -0.25) is 0 Å². The van der Waals surface area contributed by atoms with Crippen LogP contribution in [0.2, 0.25) is 0 Å². The lowest BCUT2D eigenvalue weighted by molar-refractivity contribution is -0.175. The van der Waals surface area contributed by atoms with Gasteiger partial charge in [0.15, 0.2) is 18.0 Å². The van der Waals surface area contributed by atoms with E-state index >= 15 is 0 Å². The highest BCUT2D eigenvalue weighted by Gasteiger charge is 2.51. The number of rotatable bonds is 4. The van der Waals surface area contributed by atoms with Crippen LogP contribution in [0, 0.1) is 0 Å². The molecule has 110 valence electrons. The molecular formula is C13H22O6. The van der Waals surface area contributed by atoms with Gasteiger partial charge in [0.05, 0.1) is 12.2 Å². The smallest absolute Gasteiger partial charge is 0.339 e. The zero-order chi connectivity index (χ0) is 14.8. The van der Waals surface area contributed by atoms with Crippen molar-refractivity contribution in [2.24, 2.45) is 0 Å². The molecule has 2 atom stereocenters. The van der Waals surface area contributed by atoms with Crippen LogP contribution in [0.25, 0.3) is 0 Å². The maximum Gasteiger partial charge on any atom is 0.339 e. The fourth-order valence-electron chi connectivity index (χ4n) is 1.71. The average Bonchev–Trinajstić information content (AvgIpc) is 2.52. The van der Waals surface area contributed by atoms with Crippen LogP contribution in [-0.4, -0.2) is 42.1 Å².